The highest BCUT2D eigenvalue weighted by Crippen LogP contribution is 2.12. The van der Waals surface area contributed by atoms with Gasteiger partial charge in [0, 0.05) is 0 Å². The first-order valence-electron chi connectivity index (χ1n) is 5.96. The van der Waals surface area contributed by atoms with Crippen molar-refractivity contribution in [1.82, 2.24) is 5.32 Å². The fraction of sp³-hybridized carbons (Fsp3) is 0.417. The van der Waals surface area contributed by atoms with Crippen LogP contribution in [0.5, 0.6) is 0 Å². The van der Waals surface area contributed by atoms with E-state index in [1.165, 1.54) is 0 Å². The van der Waals surface area contributed by atoms with E-state index in [0.29, 0.717) is 0 Å². The minimum absolute atomic E-state index is 0.239. The number of nitrogens with zero attached hydrogens (tertiary/aromatic N) is 1. The van der Waals surface area contributed by atoms with Gasteiger partial charge in [-0.05, 0) is 32.9 Å². The monoisotopic (exact) mass is 301 g/mol. The fourth-order valence-corrected chi connectivity index (χ4v) is 1.93. The van der Waals surface area contributed by atoms with Crippen LogP contribution >= 0.6 is 0 Å². The maximum Gasteiger partial charge on any atom is 0.389 e. The van der Waals surface area contributed by atoms with Crippen LogP contribution in [0.4, 0.5) is 5.69 Å². The van der Waals surface area contributed by atoms with E-state index in [1.807, 2.05) is 18.2 Å². The zero-order valence-electron chi connectivity index (χ0n) is 11.9. The standard InChI is InChI=1S/C12H19N3O4S/c1-12(2,3)15(19-20(16,17)18)11(13-4)14-10-8-6-5-7-9-10/h5-9H,1-4H3,(H2,13,14,16,17,18). The lowest BCUT2D eigenvalue weighted by molar-refractivity contribution is -0.794. The molecule has 1 rings (SSSR count). The number of hydrogen-bond acceptors (Lipinski definition) is 4. The molecule has 0 heterocycles. The third kappa shape index (κ3) is 5.06. The Balaban J connectivity index is 3.22. The Morgan fingerprint density at radius 1 is 1.25 bits per heavy atom. The largest absolute Gasteiger partial charge is 0.713 e. The lowest BCUT2D eigenvalue weighted by Crippen LogP contribution is -2.46. The molecule has 0 aliphatic carbocycles. The van der Waals surface area contributed by atoms with Gasteiger partial charge in [0.2, 0.25) is 0 Å². The Hall–Kier alpha value is -1.80. The first-order valence-corrected chi connectivity index (χ1v) is 7.29. The van der Waals surface area contributed by atoms with E-state index in [9.17, 15) is 13.0 Å². The summed E-state index contributed by atoms with van der Waals surface area (Å²) in [7, 11) is -3.29. The molecule has 0 aliphatic heterocycles. The number of benzene rings is 1. The van der Waals surface area contributed by atoms with E-state index < -0.39 is 15.9 Å². The Labute approximate surface area is 119 Å². The van der Waals surface area contributed by atoms with Gasteiger partial charge in [-0.25, -0.2) is 9.60 Å². The SMILES string of the molecule is CN/C(Nc1ccccc1)=[N+](\OS(=O)(=O)[O-])C(C)(C)C. The van der Waals surface area contributed by atoms with E-state index in [4.69, 9.17) is 0 Å². The molecule has 1 aromatic rings. The van der Waals surface area contributed by atoms with Crippen molar-refractivity contribution in [3.63, 3.8) is 0 Å². The molecular formula is C12H19N3O4S. The second-order valence-electron chi connectivity index (χ2n) is 5.04. The van der Waals surface area contributed by atoms with Crippen LogP contribution < -0.4 is 10.6 Å². The van der Waals surface area contributed by atoms with Gasteiger partial charge in [-0.2, -0.15) is 8.42 Å². The zero-order chi connectivity index (χ0) is 15.4. The minimum atomic E-state index is -4.88. The van der Waals surface area contributed by atoms with Crippen LogP contribution in [0, 0.1) is 0 Å². The molecule has 8 heteroatoms. The van der Waals surface area contributed by atoms with Gasteiger partial charge in [-0.15, -0.1) is 0 Å². The Kier molecular flexibility index (Phi) is 4.96. The van der Waals surface area contributed by atoms with Crippen molar-refractivity contribution < 1.29 is 22.0 Å². The number of hydroxylamine groups is 1. The molecule has 0 unspecified atom stereocenters. The van der Waals surface area contributed by atoms with E-state index in [1.54, 1.807) is 40.0 Å². The van der Waals surface area contributed by atoms with Crippen molar-refractivity contribution in [1.29, 1.82) is 0 Å². The zero-order valence-corrected chi connectivity index (χ0v) is 12.7. The molecule has 112 valence electrons. The molecule has 7 nitrogen and oxygen atoms in total. The number of guanidine groups is 1. The highest BCUT2D eigenvalue weighted by atomic mass is 32.3. The molecule has 2 N–H and O–H groups in total. The summed E-state index contributed by atoms with van der Waals surface area (Å²) in [6.07, 6.45) is 0. The molecule has 0 atom stereocenters. The van der Waals surface area contributed by atoms with Gasteiger partial charge in [0.25, 0.3) is 10.4 Å². The number of hydrogen-bond donors (Lipinski definition) is 2. The summed E-state index contributed by atoms with van der Waals surface area (Å²) in [6.45, 7) is 5.13. The smallest absolute Gasteiger partial charge is 0.389 e. The van der Waals surface area contributed by atoms with Gasteiger partial charge in [-0.3, -0.25) is 5.32 Å². The van der Waals surface area contributed by atoms with Crippen LogP contribution in [0.25, 0.3) is 0 Å². The topological polar surface area (TPSA) is 93.5 Å². The quantitative estimate of drug-likeness (QED) is 0.215. The lowest BCUT2D eigenvalue weighted by atomic mass is 10.1. The highest BCUT2D eigenvalue weighted by Gasteiger charge is 2.28. The summed E-state index contributed by atoms with van der Waals surface area (Å²) in [4.78, 5) is 0. The molecule has 0 amide bonds. The molecular weight excluding hydrogens is 282 g/mol. The van der Waals surface area contributed by atoms with Crippen LogP contribution in [0.15, 0.2) is 30.3 Å². The maximum absolute atomic E-state index is 10.9. The molecule has 1 aromatic carbocycles. The van der Waals surface area contributed by atoms with Crippen LogP contribution in [-0.2, 0) is 14.7 Å². The van der Waals surface area contributed by atoms with Crippen molar-refractivity contribution >= 4 is 22.0 Å². The van der Waals surface area contributed by atoms with Crippen molar-refractivity contribution in [3.05, 3.63) is 30.3 Å². The predicted molar refractivity (Wildman–Crippen MR) is 74.9 cm³/mol. The third-order valence-corrected chi connectivity index (χ3v) is 2.58. The van der Waals surface area contributed by atoms with Gasteiger partial charge in [0.15, 0.2) is 0 Å². The van der Waals surface area contributed by atoms with E-state index >= 15 is 0 Å². The predicted octanol–water partition coefficient (Wildman–Crippen LogP) is 0.877. The van der Waals surface area contributed by atoms with Crippen LogP contribution in [0.2, 0.25) is 0 Å². The lowest BCUT2D eigenvalue weighted by Gasteiger charge is -2.24. The van der Waals surface area contributed by atoms with Crippen LogP contribution in [-0.4, -0.2) is 36.3 Å². The van der Waals surface area contributed by atoms with Crippen molar-refractivity contribution in [3.8, 4) is 0 Å². The molecule has 20 heavy (non-hydrogen) atoms. The number of rotatable bonds is 3. The minimum Gasteiger partial charge on any atom is -0.713 e. The Morgan fingerprint density at radius 2 is 1.80 bits per heavy atom. The summed E-state index contributed by atoms with van der Waals surface area (Å²) in [5, 5.41) is 5.74. The molecule has 0 aliphatic rings. The average molecular weight is 301 g/mol. The molecule has 0 saturated heterocycles. The van der Waals surface area contributed by atoms with Crippen LogP contribution in [0.3, 0.4) is 0 Å². The first kappa shape index (κ1) is 16.3. The normalized spacial score (nSPS) is 13.4. The van der Waals surface area contributed by atoms with Gasteiger partial charge < -0.3 is 4.55 Å². The van der Waals surface area contributed by atoms with Gasteiger partial charge >= 0.3 is 5.96 Å². The molecule has 0 radical (unpaired) electrons. The second-order valence-corrected chi connectivity index (χ2v) is 6.00. The van der Waals surface area contributed by atoms with Gasteiger partial charge in [0.1, 0.15) is 5.54 Å². The molecule has 0 spiro atoms. The highest BCUT2D eigenvalue weighted by molar-refractivity contribution is 7.80. The molecule has 0 saturated carbocycles. The van der Waals surface area contributed by atoms with Gasteiger partial charge in [-0.1, -0.05) is 22.9 Å². The first-order chi connectivity index (χ1) is 9.13. The van der Waals surface area contributed by atoms with E-state index in [-0.39, 0.29) is 5.96 Å². The fourth-order valence-electron chi connectivity index (χ4n) is 1.45. The number of anilines is 1. The second kappa shape index (κ2) is 6.10. The maximum atomic E-state index is 10.9. The number of nitrogens with one attached hydrogen (secondary N) is 2. The van der Waals surface area contributed by atoms with Gasteiger partial charge in [0.05, 0.1) is 12.7 Å². The third-order valence-electron chi connectivity index (χ3n) is 2.25. The number of para-hydroxylation sites is 1. The van der Waals surface area contributed by atoms with Crippen LogP contribution in [0.1, 0.15) is 20.8 Å². The van der Waals surface area contributed by atoms with E-state index in [2.05, 4.69) is 14.9 Å². The molecule has 0 fully saturated rings. The summed E-state index contributed by atoms with van der Waals surface area (Å²) in [6, 6.07) is 9.09. The van der Waals surface area contributed by atoms with E-state index in [0.717, 1.165) is 10.4 Å². The summed E-state index contributed by atoms with van der Waals surface area (Å²) in [5.74, 6) is 0.239. The Morgan fingerprint density at radius 3 is 2.20 bits per heavy atom. The molecule has 0 aromatic heterocycles. The van der Waals surface area contributed by atoms with Crippen molar-refractivity contribution in [2.75, 3.05) is 12.4 Å². The Bertz CT molecular complexity index is 576. The summed E-state index contributed by atoms with van der Waals surface area (Å²) < 4.78 is 38.1. The van der Waals surface area contributed by atoms with Crippen molar-refractivity contribution in [2.45, 2.75) is 26.3 Å². The van der Waals surface area contributed by atoms with Crippen molar-refractivity contribution in [2.24, 2.45) is 0 Å². The average Bonchev–Trinajstić information content (AvgIpc) is 2.32. The summed E-state index contributed by atoms with van der Waals surface area (Å²) in [5.41, 5.74) is -0.0320. The molecule has 0 bridgehead atoms. The summed E-state index contributed by atoms with van der Waals surface area (Å²) >= 11 is 0.